The molecular weight excluding hydrogens is 546 g/mol. The van der Waals surface area contributed by atoms with Gasteiger partial charge in [-0.1, -0.05) is 180 Å². The fourth-order valence-corrected chi connectivity index (χ4v) is 7.65. The van der Waals surface area contributed by atoms with Crippen molar-refractivity contribution in [3.8, 4) is 0 Å². The number of unbranched alkanes of at least 4 members (excludes halogenated alkanes) is 22. The maximum Gasteiger partial charge on any atom is 0.0618 e. The fourth-order valence-electron chi connectivity index (χ4n) is 7.65. The van der Waals surface area contributed by atoms with Gasteiger partial charge >= 0.3 is 0 Å². The first-order valence-electron chi connectivity index (χ1n) is 20.8. The van der Waals surface area contributed by atoms with Crippen LogP contribution < -0.4 is 5.32 Å². The number of likely N-dealkylation sites (N-methyl/N-ethyl adjacent to an activating group) is 1. The minimum Gasteiger partial charge on any atom is -0.394 e. The lowest BCUT2D eigenvalue weighted by Gasteiger charge is -2.45. The van der Waals surface area contributed by atoms with Gasteiger partial charge in [0, 0.05) is 5.54 Å². The number of aliphatic hydroxyl groups excluding tert-OH is 1. The summed E-state index contributed by atoms with van der Waals surface area (Å²) in [6, 6.07) is 0. The summed E-state index contributed by atoms with van der Waals surface area (Å²) < 4.78 is 0. The maximum absolute atomic E-state index is 10.8. The van der Waals surface area contributed by atoms with Crippen molar-refractivity contribution in [2.75, 3.05) is 13.7 Å². The molecule has 0 fully saturated rings. The lowest BCUT2D eigenvalue weighted by atomic mass is 9.68. The molecule has 0 bridgehead atoms. The van der Waals surface area contributed by atoms with Crippen molar-refractivity contribution in [2.24, 2.45) is 11.8 Å². The van der Waals surface area contributed by atoms with E-state index in [0.717, 1.165) is 12.8 Å². The van der Waals surface area contributed by atoms with E-state index < -0.39 is 0 Å². The number of hydrogen-bond acceptors (Lipinski definition) is 2. The zero-order valence-electron chi connectivity index (χ0n) is 31.8. The van der Waals surface area contributed by atoms with Crippen LogP contribution in [0.1, 0.15) is 220 Å². The minimum atomic E-state index is -0.120. The van der Waals surface area contributed by atoms with Crippen LogP contribution in [0.15, 0.2) is 24.3 Å². The van der Waals surface area contributed by atoms with Crippen LogP contribution in [0.3, 0.4) is 0 Å². The zero-order chi connectivity index (χ0) is 33.1. The molecule has 2 unspecified atom stereocenters. The highest BCUT2D eigenvalue weighted by Crippen LogP contribution is 2.37. The normalized spacial score (nSPS) is 14.9. The summed E-state index contributed by atoms with van der Waals surface area (Å²) in [6.07, 6.45) is 49.8. The average molecular weight is 632 g/mol. The van der Waals surface area contributed by atoms with Crippen LogP contribution in [0, 0.1) is 11.8 Å². The van der Waals surface area contributed by atoms with Crippen molar-refractivity contribution in [2.45, 2.75) is 226 Å². The molecule has 0 aromatic carbocycles. The molecule has 0 aromatic heterocycles. The summed E-state index contributed by atoms with van der Waals surface area (Å²) in [5.74, 6) is 1.12. The third-order valence-corrected chi connectivity index (χ3v) is 10.8. The standard InChI is InChI=1S/C43H85NO/c1-6-10-12-14-16-18-20-22-24-26-28-30-32-34-36-38-41(8-3)43(40-45,44-5)42(9-4)39-37-35-33-31-29-27-25-23-21-19-17-15-13-11-7-2/h22-25,41-42,44-45H,6-21,26-40H2,1-5H3. The van der Waals surface area contributed by atoms with E-state index in [0.29, 0.717) is 11.8 Å². The third-order valence-electron chi connectivity index (χ3n) is 10.8. The Balaban J connectivity index is 4.15. The summed E-state index contributed by atoms with van der Waals surface area (Å²) in [5.41, 5.74) is -0.120. The van der Waals surface area contributed by atoms with Crippen LogP contribution in [-0.4, -0.2) is 24.3 Å². The minimum absolute atomic E-state index is 0.120. The first-order valence-corrected chi connectivity index (χ1v) is 20.8. The summed E-state index contributed by atoms with van der Waals surface area (Å²) >= 11 is 0. The molecule has 2 heteroatoms. The molecule has 0 aliphatic rings. The number of rotatable bonds is 36. The maximum atomic E-state index is 10.8. The topological polar surface area (TPSA) is 32.3 Å². The van der Waals surface area contributed by atoms with Crippen LogP contribution in [-0.2, 0) is 0 Å². The van der Waals surface area contributed by atoms with Gasteiger partial charge in [0.25, 0.3) is 0 Å². The van der Waals surface area contributed by atoms with E-state index in [9.17, 15) is 5.11 Å². The number of hydrogen-bond donors (Lipinski definition) is 2. The number of nitrogens with one attached hydrogen (secondary N) is 1. The molecule has 0 radical (unpaired) electrons. The average Bonchev–Trinajstić information content (AvgIpc) is 3.06. The Morgan fingerprint density at radius 1 is 0.444 bits per heavy atom. The Kier molecular flexibility index (Phi) is 34.3. The van der Waals surface area contributed by atoms with Crippen molar-refractivity contribution in [1.82, 2.24) is 5.32 Å². The van der Waals surface area contributed by atoms with Crippen LogP contribution in [0.2, 0.25) is 0 Å². The van der Waals surface area contributed by atoms with Crippen molar-refractivity contribution in [3.05, 3.63) is 24.3 Å². The fraction of sp³-hybridized carbons (Fsp3) is 0.907. The van der Waals surface area contributed by atoms with Crippen LogP contribution in [0.25, 0.3) is 0 Å². The molecule has 2 N–H and O–H groups in total. The highest BCUT2D eigenvalue weighted by atomic mass is 16.3. The van der Waals surface area contributed by atoms with Gasteiger partial charge in [-0.15, -0.1) is 0 Å². The van der Waals surface area contributed by atoms with E-state index in [-0.39, 0.29) is 12.1 Å². The van der Waals surface area contributed by atoms with E-state index in [4.69, 9.17) is 0 Å². The molecule has 0 aromatic rings. The van der Waals surface area contributed by atoms with Gasteiger partial charge in [0.2, 0.25) is 0 Å². The van der Waals surface area contributed by atoms with Gasteiger partial charge in [0.05, 0.1) is 6.61 Å². The molecule has 0 heterocycles. The van der Waals surface area contributed by atoms with Crippen LogP contribution in [0.4, 0.5) is 0 Å². The van der Waals surface area contributed by atoms with Crippen LogP contribution >= 0.6 is 0 Å². The van der Waals surface area contributed by atoms with E-state index in [2.05, 4.69) is 64.4 Å². The van der Waals surface area contributed by atoms with E-state index in [1.54, 1.807) is 0 Å². The smallest absolute Gasteiger partial charge is 0.0618 e. The van der Waals surface area contributed by atoms with Gasteiger partial charge in [0.1, 0.15) is 0 Å². The van der Waals surface area contributed by atoms with Gasteiger partial charge < -0.3 is 10.4 Å². The monoisotopic (exact) mass is 632 g/mol. The molecule has 0 spiro atoms. The Hall–Kier alpha value is -0.600. The lowest BCUT2D eigenvalue weighted by molar-refractivity contribution is 0.0398. The summed E-state index contributed by atoms with van der Waals surface area (Å²) in [4.78, 5) is 0. The SMILES string of the molecule is CCCCCCCCC=CCCCCCCCC(CC)C(CO)(NC)C(CC)CCCCCCCC=CCCCCCCCC. The predicted molar refractivity (Wildman–Crippen MR) is 205 cm³/mol. The first-order chi connectivity index (χ1) is 22.2. The van der Waals surface area contributed by atoms with E-state index in [1.165, 1.54) is 180 Å². The second kappa shape index (κ2) is 34.7. The third kappa shape index (κ3) is 24.2. The molecule has 45 heavy (non-hydrogen) atoms. The lowest BCUT2D eigenvalue weighted by Crippen LogP contribution is -2.58. The van der Waals surface area contributed by atoms with Gasteiger partial charge in [-0.3, -0.25) is 0 Å². The molecular formula is C43H85NO. The quantitative estimate of drug-likeness (QED) is 0.0532. The van der Waals surface area contributed by atoms with Crippen LogP contribution in [0.5, 0.6) is 0 Å². The summed E-state index contributed by atoms with van der Waals surface area (Å²) in [6.45, 7) is 9.55. The molecule has 0 aliphatic carbocycles. The summed E-state index contributed by atoms with van der Waals surface area (Å²) in [5, 5.41) is 14.5. The second-order valence-corrected chi connectivity index (χ2v) is 14.4. The largest absolute Gasteiger partial charge is 0.394 e. The molecule has 0 saturated carbocycles. The molecule has 0 saturated heterocycles. The zero-order valence-corrected chi connectivity index (χ0v) is 31.8. The Bertz CT molecular complexity index is 571. The van der Waals surface area contributed by atoms with Crippen molar-refractivity contribution < 1.29 is 5.11 Å². The molecule has 0 aliphatic heterocycles. The van der Waals surface area contributed by atoms with Gasteiger partial charge in [-0.05, 0) is 83.1 Å². The Morgan fingerprint density at radius 3 is 1.00 bits per heavy atom. The first kappa shape index (κ1) is 44.4. The summed E-state index contributed by atoms with van der Waals surface area (Å²) in [7, 11) is 2.11. The van der Waals surface area contributed by atoms with Crippen molar-refractivity contribution in [3.63, 3.8) is 0 Å². The Morgan fingerprint density at radius 2 is 0.733 bits per heavy atom. The van der Waals surface area contributed by atoms with Gasteiger partial charge in [-0.25, -0.2) is 0 Å². The highest BCUT2D eigenvalue weighted by Gasteiger charge is 2.41. The van der Waals surface area contributed by atoms with Gasteiger partial charge in [-0.2, -0.15) is 0 Å². The number of aliphatic hydroxyl groups is 1. The molecule has 268 valence electrons. The van der Waals surface area contributed by atoms with Crippen molar-refractivity contribution >= 4 is 0 Å². The van der Waals surface area contributed by atoms with E-state index in [1.807, 2.05) is 0 Å². The predicted octanol–water partition coefficient (Wildman–Crippen LogP) is 14.1. The highest BCUT2D eigenvalue weighted by molar-refractivity contribution is 4.98. The molecule has 2 nitrogen and oxygen atoms in total. The molecule has 0 amide bonds. The molecule has 2 atom stereocenters. The Labute approximate surface area is 285 Å². The van der Waals surface area contributed by atoms with E-state index >= 15 is 0 Å². The van der Waals surface area contributed by atoms with Crippen molar-refractivity contribution in [1.29, 1.82) is 0 Å². The second-order valence-electron chi connectivity index (χ2n) is 14.4. The number of allylic oxidation sites excluding steroid dienone is 4. The molecule has 0 rings (SSSR count). The van der Waals surface area contributed by atoms with Gasteiger partial charge in [0.15, 0.2) is 0 Å².